The fourth-order valence-corrected chi connectivity index (χ4v) is 2.37. The predicted molar refractivity (Wildman–Crippen MR) is 84.4 cm³/mol. The zero-order chi connectivity index (χ0) is 14.9. The van der Waals surface area contributed by atoms with Gasteiger partial charge in [-0.25, -0.2) is 4.98 Å². The van der Waals surface area contributed by atoms with E-state index in [1.54, 1.807) is 6.20 Å². The SMILES string of the molecule is CCCCCNc1ccc(NC(=O)C2CCOCC2)cn1. The Kier molecular flexibility index (Phi) is 6.47. The van der Waals surface area contributed by atoms with Crippen molar-refractivity contribution in [2.75, 3.05) is 30.4 Å². The average Bonchev–Trinajstić information content (AvgIpc) is 2.54. The molecule has 1 aromatic rings. The van der Waals surface area contributed by atoms with Crippen LogP contribution in [0.15, 0.2) is 18.3 Å². The number of nitrogens with zero attached hydrogens (tertiary/aromatic N) is 1. The number of ether oxygens (including phenoxy) is 1. The maximum atomic E-state index is 12.1. The van der Waals surface area contributed by atoms with Crippen molar-refractivity contribution in [3.63, 3.8) is 0 Å². The number of carbonyl (C=O) groups excluding carboxylic acids is 1. The lowest BCUT2D eigenvalue weighted by molar-refractivity contribution is -0.122. The quantitative estimate of drug-likeness (QED) is 0.758. The van der Waals surface area contributed by atoms with Gasteiger partial charge in [-0.1, -0.05) is 19.8 Å². The number of pyridine rings is 1. The summed E-state index contributed by atoms with van der Waals surface area (Å²) >= 11 is 0. The Hall–Kier alpha value is -1.62. The monoisotopic (exact) mass is 291 g/mol. The lowest BCUT2D eigenvalue weighted by atomic mass is 9.99. The first-order valence-electron chi connectivity index (χ1n) is 7.88. The molecule has 0 atom stereocenters. The van der Waals surface area contributed by atoms with Gasteiger partial charge in [0.15, 0.2) is 0 Å². The van der Waals surface area contributed by atoms with Crippen LogP contribution in [-0.4, -0.2) is 30.6 Å². The molecule has 5 nitrogen and oxygen atoms in total. The van der Waals surface area contributed by atoms with Crippen molar-refractivity contribution in [3.8, 4) is 0 Å². The second-order valence-electron chi connectivity index (χ2n) is 5.44. The first-order chi connectivity index (χ1) is 10.3. The van der Waals surface area contributed by atoms with Crippen molar-refractivity contribution < 1.29 is 9.53 Å². The summed E-state index contributed by atoms with van der Waals surface area (Å²) < 4.78 is 5.27. The zero-order valence-electron chi connectivity index (χ0n) is 12.7. The Morgan fingerprint density at radius 1 is 1.33 bits per heavy atom. The van der Waals surface area contributed by atoms with Gasteiger partial charge in [0.05, 0.1) is 11.9 Å². The molecule has 5 heteroatoms. The number of unbranched alkanes of at least 4 members (excludes halogenated alkanes) is 2. The van der Waals surface area contributed by atoms with Crippen molar-refractivity contribution in [1.29, 1.82) is 0 Å². The van der Waals surface area contributed by atoms with Gasteiger partial charge in [0.2, 0.25) is 5.91 Å². The molecule has 2 N–H and O–H groups in total. The molecule has 1 amide bonds. The van der Waals surface area contributed by atoms with Crippen molar-refractivity contribution in [2.45, 2.75) is 39.0 Å². The summed E-state index contributed by atoms with van der Waals surface area (Å²) in [5.74, 6) is 0.990. The summed E-state index contributed by atoms with van der Waals surface area (Å²) in [5, 5.41) is 6.21. The van der Waals surface area contributed by atoms with E-state index >= 15 is 0 Å². The van der Waals surface area contributed by atoms with Gasteiger partial charge in [-0.15, -0.1) is 0 Å². The molecule has 0 bridgehead atoms. The highest BCUT2D eigenvalue weighted by Crippen LogP contribution is 2.18. The first-order valence-corrected chi connectivity index (χ1v) is 7.88. The van der Waals surface area contributed by atoms with Crippen LogP contribution in [0.3, 0.4) is 0 Å². The zero-order valence-corrected chi connectivity index (χ0v) is 12.7. The smallest absolute Gasteiger partial charge is 0.227 e. The van der Waals surface area contributed by atoms with Gasteiger partial charge in [-0.05, 0) is 31.4 Å². The minimum absolute atomic E-state index is 0.0607. The summed E-state index contributed by atoms with van der Waals surface area (Å²) in [7, 11) is 0. The van der Waals surface area contributed by atoms with Crippen LogP contribution in [0.5, 0.6) is 0 Å². The van der Waals surface area contributed by atoms with E-state index in [1.165, 1.54) is 12.8 Å². The molecule has 0 aromatic carbocycles. The number of amides is 1. The summed E-state index contributed by atoms with van der Waals surface area (Å²) in [4.78, 5) is 16.4. The molecule has 0 aliphatic carbocycles. The maximum Gasteiger partial charge on any atom is 0.227 e. The van der Waals surface area contributed by atoms with Crippen molar-refractivity contribution in [1.82, 2.24) is 4.98 Å². The van der Waals surface area contributed by atoms with E-state index in [0.29, 0.717) is 13.2 Å². The number of hydrogen-bond acceptors (Lipinski definition) is 4. The molecule has 1 aliphatic rings. The van der Waals surface area contributed by atoms with Crippen LogP contribution < -0.4 is 10.6 Å². The first kappa shape index (κ1) is 15.8. The second kappa shape index (κ2) is 8.62. The van der Waals surface area contributed by atoms with Gasteiger partial charge in [-0.3, -0.25) is 4.79 Å². The van der Waals surface area contributed by atoms with E-state index in [4.69, 9.17) is 4.74 Å². The largest absolute Gasteiger partial charge is 0.381 e. The van der Waals surface area contributed by atoms with E-state index in [9.17, 15) is 4.79 Å². The Bertz CT molecular complexity index is 428. The molecule has 1 saturated heterocycles. The third-order valence-electron chi connectivity index (χ3n) is 3.71. The fourth-order valence-electron chi connectivity index (χ4n) is 2.37. The molecule has 1 fully saturated rings. The van der Waals surface area contributed by atoms with Gasteiger partial charge >= 0.3 is 0 Å². The fraction of sp³-hybridized carbons (Fsp3) is 0.625. The molecule has 0 unspecified atom stereocenters. The Balaban J connectivity index is 1.77. The number of rotatable bonds is 7. The van der Waals surface area contributed by atoms with E-state index in [-0.39, 0.29) is 11.8 Å². The number of anilines is 2. The molecule has 0 saturated carbocycles. The number of nitrogens with one attached hydrogen (secondary N) is 2. The molecule has 21 heavy (non-hydrogen) atoms. The maximum absolute atomic E-state index is 12.1. The van der Waals surface area contributed by atoms with Crippen LogP contribution in [0.1, 0.15) is 39.0 Å². The third-order valence-corrected chi connectivity index (χ3v) is 3.71. The predicted octanol–water partition coefficient (Wildman–Crippen LogP) is 3.05. The van der Waals surface area contributed by atoms with E-state index in [2.05, 4.69) is 22.5 Å². The summed E-state index contributed by atoms with van der Waals surface area (Å²) in [6, 6.07) is 3.80. The van der Waals surface area contributed by atoms with Gasteiger partial charge in [0.1, 0.15) is 5.82 Å². The number of carbonyl (C=O) groups is 1. The van der Waals surface area contributed by atoms with E-state index < -0.39 is 0 Å². The lowest BCUT2D eigenvalue weighted by Gasteiger charge is -2.21. The van der Waals surface area contributed by atoms with Gasteiger partial charge in [0.25, 0.3) is 0 Å². The van der Waals surface area contributed by atoms with Gasteiger partial charge in [-0.2, -0.15) is 0 Å². The van der Waals surface area contributed by atoms with Crippen LogP contribution in [0.4, 0.5) is 11.5 Å². The van der Waals surface area contributed by atoms with Crippen LogP contribution in [0, 0.1) is 5.92 Å². The van der Waals surface area contributed by atoms with Gasteiger partial charge in [0, 0.05) is 25.7 Å². The minimum Gasteiger partial charge on any atom is -0.381 e. The molecule has 116 valence electrons. The summed E-state index contributed by atoms with van der Waals surface area (Å²) in [5.41, 5.74) is 0.755. The molecule has 0 spiro atoms. The van der Waals surface area contributed by atoms with Crippen LogP contribution >= 0.6 is 0 Å². The van der Waals surface area contributed by atoms with E-state index in [1.807, 2.05) is 12.1 Å². The van der Waals surface area contributed by atoms with Gasteiger partial charge < -0.3 is 15.4 Å². The highest BCUT2D eigenvalue weighted by Gasteiger charge is 2.21. The summed E-state index contributed by atoms with van der Waals surface area (Å²) in [6.07, 6.45) is 6.91. The molecule has 2 rings (SSSR count). The second-order valence-corrected chi connectivity index (χ2v) is 5.44. The topological polar surface area (TPSA) is 63.2 Å². The Labute approximate surface area is 126 Å². The minimum atomic E-state index is 0.0607. The lowest BCUT2D eigenvalue weighted by Crippen LogP contribution is -2.28. The Morgan fingerprint density at radius 3 is 2.81 bits per heavy atom. The average molecular weight is 291 g/mol. The normalized spacial score (nSPS) is 15.7. The third kappa shape index (κ3) is 5.34. The van der Waals surface area contributed by atoms with Crippen molar-refractivity contribution in [2.24, 2.45) is 5.92 Å². The van der Waals surface area contributed by atoms with Crippen LogP contribution in [0.2, 0.25) is 0 Å². The standard InChI is InChI=1S/C16H25N3O2/c1-2-3-4-9-17-15-6-5-14(12-18-15)19-16(20)13-7-10-21-11-8-13/h5-6,12-13H,2-4,7-11H2,1H3,(H,17,18)(H,19,20). The van der Waals surface area contributed by atoms with E-state index in [0.717, 1.165) is 37.3 Å². The highest BCUT2D eigenvalue weighted by molar-refractivity contribution is 5.92. The molecule has 2 heterocycles. The molecule has 1 aliphatic heterocycles. The highest BCUT2D eigenvalue weighted by atomic mass is 16.5. The number of aromatic nitrogens is 1. The van der Waals surface area contributed by atoms with Crippen molar-refractivity contribution >= 4 is 17.4 Å². The molecule has 1 aromatic heterocycles. The molecular weight excluding hydrogens is 266 g/mol. The van der Waals surface area contributed by atoms with Crippen LogP contribution in [0.25, 0.3) is 0 Å². The Morgan fingerprint density at radius 2 is 2.14 bits per heavy atom. The molecular formula is C16H25N3O2. The molecule has 0 radical (unpaired) electrons. The van der Waals surface area contributed by atoms with Crippen molar-refractivity contribution in [3.05, 3.63) is 18.3 Å². The summed E-state index contributed by atoms with van der Waals surface area (Å²) in [6.45, 7) is 4.48. The van der Waals surface area contributed by atoms with Crippen LogP contribution in [-0.2, 0) is 9.53 Å². The number of hydrogen-bond donors (Lipinski definition) is 2.